The summed E-state index contributed by atoms with van der Waals surface area (Å²) < 4.78 is 1.59. The molecule has 0 unspecified atom stereocenters. The third-order valence-electron chi connectivity index (χ3n) is 3.83. The van der Waals surface area contributed by atoms with Crippen LogP contribution in [0.4, 0.5) is 5.69 Å². The van der Waals surface area contributed by atoms with Crippen molar-refractivity contribution in [1.82, 2.24) is 15.1 Å². The molecule has 0 saturated heterocycles. The Bertz CT molecular complexity index is 951. The number of anilines is 1. The molecular weight excluding hydrogens is 364 g/mol. The second-order valence-electron chi connectivity index (χ2n) is 5.91. The van der Waals surface area contributed by atoms with Gasteiger partial charge >= 0.3 is 0 Å². The largest absolute Gasteiger partial charge is 0.352 e. The number of nitrogens with zero attached hydrogens (tertiary/aromatic N) is 2. The maximum atomic E-state index is 12.4. The van der Waals surface area contributed by atoms with Gasteiger partial charge in [-0.1, -0.05) is 24.6 Å². The second kappa shape index (κ2) is 8.51. The van der Waals surface area contributed by atoms with Crippen LogP contribution < -0.4 is 10.6 Å². The number of halogens is 1. The topological polar surface area (TPSA) is 76.0 Å². The van der Waals surface area contributed by atoms with Crippen LogP contribution in [0.3, 0.4) is 0 Å². The molecule has 0 atom stereocenters. The molecule has 138 valence electrons. The van der Waals surface area contributed by atoms with E-state index in [4.69, 9.17) is 11.6 Å². The Morgan fingerprint density at radius 2 is 1.85 bits per heavy atom. The van der Waals surface area contributed by atoms with Gasteiger partial charge in [0.1, 0.15) is 0 Å². The SMILES string of the molecule is CCCNC(=O)c1ccc(NC(=O)c2ccn(-c3cccc(Cl)c3)n2)cc1. The number of hydrogen-bond donors (Lipinski definition) is 2. The summed E-state index contributed by atoms with van der Waals surface area (Å²) in [6.07, 6.45) is 2.57. The number of hydrogen-bond acceptors (Lipinski definition) is 3. The Hall–Kier alpha value is -3.12. The van der Waals surface area contributed by atoms with Crippen molar-refractivity contribution in [1.29, 1.82) is 0 Å². The molecule has 2 N–H and O–H groups in total. The predicted molar refractivity (Wildman–Crippen MR) is 106 cm³/mol. The molecule has 0 aliphatic heterocycles. The molecule has 6 nitrogen and oxygen atoms in total. The molecule has 0 spiro atoms. The number of carbonyl (C=O) groups is 2. The summed E-state index contributed by atoms with van der Waals surface area (Å²) >= 11 is 5.99. The van der Waals surface area contributed by atoms with E-state index in [2.05, 4.69) is 15.7 Å². The van der Waals surface area contributed by atoms with Crippen molar-refractivity contribution in [3.8, 4) is 5.69 Å². The fourth-order valence-corrected chi connectivity index (χ4v) is 2.63. The zero-order valence-corrected chi connectivity index (χ0v) is 15.5. The lowest BCUT2D eigenvalue weighted by molar-refractivity contribution is 0.0953. The first-order valence-corrected chi connectivity index (χ1v) is 8.96. The van der Waals surface area contributed by atoms with E-state index in [9.17, 15) is 9.59 Å². The van der Waals surface area contributed by atoms with Crippen molar-refractivity contribution in [2.45, 2.75) is 13.3 Å². The molecule has 2 amide bonds. The Labute approximate surface area is 162 Å². The first kappa shape index (κ1) is 18.7. The summed E-state index contributed by atoms with van der Waals surface area (Å²) in [5.74, 6) is -0.464. The molecule has 0 fully saturated rings. The Balaban J connectivity index is 1.66. The maximum absolute atomic E-state index is 12.4. The van der Waals surface area contributed by atoms with E-state index in [1.807, 2.05) is 19.1 Å². The van der Waals surface area contributed by atoms with Gasteiger partial charge in [-0.15, -0.1) is 0 Å². The van der Waals surface area contributed by atoms with Crippen molar-refractivity contribution in [3.63, 3.8) is 0 Å². The molecule has 2 aromatic carbocycles. The third-order valence-corrected chi connectivity index (χ3v) is 4.07. The fraction of sp³-hybridized carbons (Fsp3) is 0.150. The first-order chi connectivity index (χ1) is 13.1. The van der Waals surface area contributed by atoms with E-state index >= 15 is 0 Å². The van der Waals surface area contributed by atoms with Crippen molar-refractivity contribution >= 4 is 29.1 Å². The molecule has 0 saturated carbocycles. The molecule has 0 aliphatic rings. The number of benzene rings is 2. The van der Waals surface area contributed by atoms with Crippen LogP contribution in [0.5, 0.6) is 0 Å². The summed E-state index contributed by atoms with van der Waals surface area (Å²) in [6.45, 7) is 2.62. The van der Waals surface area contributed by atoms with E-state index in [0.29, 0.717) is 22.8 Å². The predicted octanol–water partition coefficient (Wildman–Crippen LogP) is 3.92. The number of nitrogens with one attached hydrogen (secondary N) is 2. The average Bonchev–Trinajstić information content (AvgIpc) is 3.17. The smallest absolute Gasteiger partial charge is 0.276 e. The van der Waals surface area contributed by atoms with Crippen LogP contribution >= 0.6 is 11.6 Å². The molecular formula is C20H19ClN4O2. The van der Waals surface area contributed by atoms with Crippen LogP contribution in [-0.2, 0) is 0 Å². The van der Waals surface area contributed by atoms with Gasteiger partial charge in [0.05, 0.1) is 5.69 Å². The lowest BCUT2D eigenvalue weighted by Crippen LogP contribution is -2.23. The summed E-state index contributed by atoms with van der Waals surface area (Å²) in [7, 11) is 0. The zero-order chi connectivity index (χ0) is 19.2. The fourth-order valence-electron chi connectivity index (χ4n) is 2.45. The summed E-state index contributed by atoms with van der Waals surface area (Å²) in [6, 6.07) is 15.5. The minimum atomic E-state index is -0.334. The van der Waals surface area contributed by atoms with Crippen LogP contribution in [0.25, 0.3) is 5.69 Å². The van der Waals surface area contributed by atoms with Gasteiger partial charge < -0.3 is 10.6 Å². The van der Waals surface area contributed by atoms with Gasteiger partial charge in [-0.2, -0.15) is 5.10 Å². The van der Waals surface area contributed by atoms with E-state index in [0.717, 1.165) is 12.1 Å². The van der Waals surface area contributed by atoms with Gasteiger partial charge in [0.25, 0.3) is 11.8 Å². The van der Waals surface area contributed by atoms with Crippen molar-refractivity contribution in [2.24, 2.45) is 0 Å². The highest BCUT2D eigenvalue weighted by Gasteiger charge is 2.11. The van der Waals surface area contributed by atoms with Crippen molar-refractivity contribution in [2.75, 3.05) is 11.9 Å². The molecule has 1 aromatic heterocycles. The number of aromatic nitrogens is 2. The van der Waals surface area contributed by atoms with E-state index in [1.165, 1.54) is 0 Å². The van der Waals surface area contributed by atoms with Gasteiger partial charge in [-0.05, 0) is 55.0 Å². The van der Waals surface area contributed by atoms with Crippen molar-refractivity contribution < 1.29 is 9.59 Å². The Morgan fingerprint density at radius 3 is 2.56 bits per heavy atom. The number of carbonyl (C=O) groups excluding carboxylic acids is 2. The molecule has 0 bridgehead atoms. The summed E-state index contributed by atoms with van der Waals surface area (Å²) in [5, 5.41) is 10.5. The number of rotatable bonds is 6. The summed E-state index contributed by atoms with van der Waals surface area (Å²) in [4.78, 5) is 24.3. The maximum Gasteiger partial charge on any atom is 0.276 e. The normalized spacial score (nSPS) is 10.4. The first-order valence-electron chi connectivity index (χ1n) is 8.58. The van der Waals surface area contributed by atoms with Crippen LogP contribution in [0.2, 0.25) is 5.02 Å². The quantitative estimate of drug-likeness (QED) is 0.678. The van der Waals surface area contributed by atoms with Gasteiger partial charge in [-0.25, -0.2) is 4.68 Å². The van der Waals surface area contributed by atoms with E-state index in [1.54, 1.807) is 53.3 Å². The minimum Gasteiger partial charge on any atom is -0.352 e. The third kappa shape index (κ3) is 4.74. The van der Waals surface area contributed by atoms with Gasteiger partial charge in [0.15, 0.2) is 5.69 Å². The monoisotopic (exact) mass is 382 g/mol. The van der Waals surface area contributed by atoms with Crippen LogP contribution in [-0.4, -0.2) is 28.1 Å². The molecule has 27 heavy (non-hydrogen) atoms. The molecule has 0 radical (unpaired) electrons. The number of amides is 2. The summed E-state index contributed by atoms with van der Waals surface area (Å²) in [5.41, 5.74) is 2.18. The molecule has 3 aromatic rings. The van der Waals surface area contributed by atoms with E-state index < -0.39 is 0 Å². The van der Waals surface area contributed by atoms with Crippen molar-refractivity contribution in [3.05, 3.63) is 77.1 Å². The Morgan fingerprint density at radius 1 is 1.07 bits per heavy atom. The van der Waals surface area contributed by atoms with Gasteiger partial charge in [0, 0.05) is 29.0 Å². The highest BCUT2D eigenvalue weighted by molar-refractivity contribution is 6.30. The lowest BCUT2D eigenvalue weighted by Gasteiger charge is -2.06. The minimum absolute atomic E-state index is 0.130. The van der Waals surface area contributed by atoms with Crippen LogP contribution in [0.15, 0.2) is 60.8 Å². The zero-order valence-electron chi connectivity index (χ0n) is 14.8. The highest BCUT2D eigenvalue weighted by Crippen LogP contribution is 2.15. The lowest BCUT2D eigenvalue weighted by atomic mass is 10.2. The Kier molecular flexibility index (Phi) is 5.88. The van der Waals surface area contributed by atoms with Gasteiger partial charge in [-0.3, -0.25) is 9.59 Å². The highest BCUT2D eigenvalue weighted by atomic mass is 35.5. The van der Waals surface area contributed by atoms with Gasteiger partial charge in [0.2, 0.25) is 0 Å². The molecule has 1 heterocycles. The van der Waals surface area contributed by atoms with Crippen LogP contribution in [0.1, 0.15) is 34.2 Å². The van der Waals surface area contributed by atoms with Crippen LogP contribution in [0, 0.1) is 0 Å². The standard InChI is InChI=1S/C20H19ClN4O2/c1-2-11-22-19(26)14-6-8-16(9-7-14)23-20(27)18-10-12-25(24-18)17-5-3-4-15(21)13-17/h3-10,12-13H,2,11H2,1H3,(H,22,26)(H,23,27). The molecule has 3 rings (SSSR count). The van der Waals surface area contributed by atoms with E-state index in [-0.39, 0.29) is 17.5 Å². The second-order valence-corrected chi connectivity index (χ2v) is 6.35. The molecule has 0 aliphatic carbocycles. The molecule has 7 heteroatoms. The average molecular weight is 383 g/mol.